The quantitative estimate of drug-likeness (QED) is 0.801. The molecule has 1 heterocycles. The molecule has 3 nitrogen and oxygen atoms in total. The Balaban J connectivity index is 2.28. The first-order valence-corrected chi connectivity index (χ1v) is 6.96. The van der Waals surface area contributed by atoms with Crippen LogP contribution in [0.15, 0.2) is 18.2 Å². The molecule has 0 radical (unpaired) electrons. The predicted molar refractivity (Wildman–Crippen MR) is 76.4 cm³/mol. The van der Waals surface area contributed by atoms with Crippen LogP contribution in [-0.2, 0) is 0 Å². The SMILES string of the molecule is CC(C)CC1C(N)NNC1c1cc(Cl)ccc1Cl. The third-order valence-electron chi connectivity index (χ3n) is 3.33. The molecule has 5 heteroatoms. The number of hydrazine groups is 1. The molecule has 1 saturated heterocycles. The van der Waals surface area contributed by atoms with Crippen molar-refractivity contribution in [3.05, 3.63) is 33.8 Å². The van der Waals surface area contributed by atoms with Gasteiger partial charge in [-0.05, 0) is 36.1 Å². The summed E-state index contributed by atoms with van der Waals surface area (Å²) in [6.07, 6.45) is 0.974. The van der Waals surface area contributed by atoms with Gasteiger partial charge in [0.25, 0.3) is 0 Å². The maximum atomic E-state index is 6.26. The molecular weight excluding hydrogens is 269 g/mol. The van der Waals surface area contributed by atoms with Crippen LogP contribution in [0.25, 0.3) is 0 Å². The molecule has 3 atom stereocenters. The summed E-state index contributed by atoms with van der Waals surface area (Å²) in [5.41, 5.74) is 13.4. The molecule has 1 aliphatic heterocycles. The lowest BCUT2D eigenvalue weighted by Crippen LogP contribution is -2.39. The number of hydrogen-bond donors (Lipinski definition) is 3. The van der Waals surface area contributed by atoms with Crippen LogP contribution in [0.2, 0.25) is 10.0 Å². The van der Waals surface area contributed by atoms with E-state index in [9.17, 15) is 0 Å². The van der Waals surface area contributed by atoms with Crippen LogP contribution in [0, 0.1) is 11.8 Å². The zero-order valence-corrected chi connectivity index (χ0v) is 12.1. The van der Waals surface area contributed by atoms with Crippen LogP contribution in [0.1, 0.15) is 31.9 Å². The van der Waals surface area contributed by atoms with Crippen molar-refractivity contribution in [3.8, 4) is 0 Å². The van der Waals surface area contributed by atoms with E-state index in [-0.39, 0.29) is 12.2 Å². The van der Waals surface area contributed by atoms with Gasteiger partial charge in [0.05, 0.1) is 12.2 Å². The Kier molecular flexibility index (Phi) is 4.51. The third-order valence-corrected chi connectivity index (χ3v) is 3.91. The van der Waals surface area contributed by atoms with Gasteiger partial charge < -0.3 is 5.73 Å². The Morgan fingerprint density at radius 2 is 2.00 bits per heavy atom. The molecule has 100 valence electrons. The molecule has 3 unspecified atom stereocenters. The van der Waals surface area contributed by atoms with Crippen LogP contribution in [0.4, 0.5) is 0 Å². The molecule has 1 aromatic rings. The van der Waals surface area contributed by atoms with E-state index < -0.39 is 0 Å². The summed E-state index contributed by atoms with van der Waals surface area (Å²) in [5.74, 6) is 0.893. The first-order valence-electron chi connectivity index (χ1n) is 6.20. The maximum absolute atomic E-state index is 6.26. The summed E-state index contributed by atoms with van der Waals surface area (Å²) < 4.78 is 0. The first-order chi connectivity index (χ1) is 8.49. The summed E-state index contributed by atoms with van der Waals surface area (Å²) in [6, 6.07) is 5.65. The highest BCUT2D eigenvalue weighted by Crippen LogP contribution is 2.36. The lowest BCUT2D eigenvalue weighted by molar-refractivity contribution is 0.344. The van der Waals surface area contributed by atoms with Crippen LogP contribution < -0.4 is 16.6 Å². The predicted octanol–water partition coefficient (Wildman–Crippen LogP) is 3.09. The Hall–Kier alpha value is -0.320. The van der Waals surface area contributed by atoms with Crippen molar-refractivity contribution in [1.82, 2.24) is 10.9 Å². The Morgan fingerprint density at radius 3 is 2.67 bits per heavy atom. The molecule has 0 amide bonds. The van der Waals surface area contributed by atoms with Gasteiger partial charge in [0.15, 0.2) is 0 Å². The van der Waals surface area contributed by atoms with Crippen molar-refractivity contribution < 1.29 is 0 Å². The zero-order chi connectivity index (χ0) is 13.3. The van der Waals surface area contributed by atoms with Gasteiger partial charge in [-0.2, -0.15) is 0 Å². The Bertz CT molecular complexity index is 423. The van der Waals surface area contributed by atoms with Gasteiger partial charge in [-0.15, -0.1) is 0 Å². The minimum atomic E-state index is -0.0625. The molecule has 1 aromatic carbocycles. The van der Waals surface area contributed by atoms with E-state index >= 15 is 0 Å². The van der Waals surface area contributed by atoms with E-state index in [0.717, 1.165) is 17.0 Å². The molecular formula is C13H19Cl2N3. The third kappa shape index (κ3) is 2.98. The number of rotatable bonds is 3. The molecule has 0 saturated carbocycles. The monoisotopic (exact) mass is 287 g/mol. The van der Waals surface area contributed by atoms with E-state index in [0.29, 0.717) is 16.9 Å². The van der Waals surface area contributed by atoms with Gasteiger partial charge in [-0.1, -0.05) is 37.0 Å². The highest BCUT2D eigenvalue weighted by atomic mass is 35.5. The fraction of sp³-hybridized carbons (Fsp3) is 0.538. The number of halogens is 2. The van der Waals surface area contributed by atoms with Crippen LogP contribution >= 0.6 is 23.2 Å². The minimum Gasteiger partial charge on any atom is -0.315 e. The van der Waals surface area contributed by atoms with Crippen molar-refractivity contribution in [2.45, 2.75) is 32.5 Å². The molecule has 4 N–H and O–H groups in total. The molecule has 1 aliphatic rings. The molecule has 0 aliphatic carbocycles. The van der Waals surface area contributed by atoms with Gasteiger partial charge in [0.1, 0.15) is 0 Å². The van der Waals surface area contributed by atoms with Crippen molar-refractivity contribution in [2.24, 2.45) is 17.6 Å². The maximum Gasteiger partial charge on any atom is 0.0726 e. The minimum absolute atomic E-state index is 0.0625. The zero-order valence-electron chi connectivity index (χ0n) is 10.6. The van der Waals surface area contributed by atoms with E-state index in [1.54, 1.807) is 6.07 Å². The highest BCUT2D eigenvalue weighted by Gasteiger charge is 2.35. The van der Waals surface area contributed by atoms with E-state index in [2.05, 4.69) is 24.7 Å². The fourth-order valence-electron chi connectivity index (χ4n) is 2.50. The van der Waals surface area contributed by atoms with Gasteiger partial charge in [-0.25, -0.2) is 10.9 Å². The smallest absolute Gasteiger partial charge is 0.0726 e. The lowest BCUT2D eigenvalue weighted by atomic mass is 9.86. The number of nitrogens with one attached hydrogen (secondary N) is 2. The van der Waals surface area contributed by atoms with E-state index in [4.69, 9.17) is 28.9 Å². The number of hydrogen-bond acceptors (Lipinski definition) is 3. The first kappa shape index (κ1) is 14.1. The standard InChI is InChI=1S/C13H19Cl2N3/c1-7(2)5-10-12(17-18-13(10)16)9-6-8(14)3-4-11(9)15/h3-4,6-7,10,12-13,17-18H,5,16H2,1-2H3. The number of nitrogens with two attached hydrogens (primary N) is 1. The molecule has 0 bridgehead atoms. The van der Waals surface area contributed by atoms with E-state index in [1.165, 1.54) is 0 Å². The average Bonchev–Trinajstić information content (AvgIpc) is 2.64. The average molecular weight is 288 g/mol. The van der Waals surface area contributed by atoms with Gasteiger partial charge in [0.2, 0.25) is 0 Å². The van der Waals surface area contributed by atoms with Gasteiger partial charge in [-0.3, -0.25) is 0 Å². The summed E-state index contributed by atoms with van der Waals surface area (Å²) in [6.45, 7) is 4.39. The fourth-order valence-corrected chi connectivity index (χ4v) is 2.91. The highest BCUT2D eigenvalue weighted by molar-refractivity contribution is 6.33. The van der Waals surface area contributed by atoms with Gasteiger partial charge in [0, 0.05) is 16.0 Å². The van der Waals surface area contributed by atoms with Crippen LogP contribution in [-0.4, -0.2) is 6.17 Å². The summed E-state index contributed by atoms with van der Waals surface area (Å²) in [4.78, 5) is 0. The molecule has 18 heavy (non-hydrogen) atoms. The van der Waals surface area contributed by atoms with Gasteiger partial charge >= 0.3 is 0 Å². The number of benzene rings is 1. The molecule has 0 spiro atoms. The Labute approximate surface area is 118 Å². The largest absolute Gasteiger partial charge is 0.315 e. The van der Waals surface area contributed by atoms with Crippen molar-refractivity contribution >= 4 is 23.2 Å². The summed E-state index contributed by atoms with van der Waals surface area (Å²) in [5, 5.41) is 1.42. The summed E-state index contributed by atoms with van der Waals surface area (Å²) >= 11 is 12.3. The van der Waals surface area contributed by atoms with Crippen LogP contribution in [0.5, 0.6) is 0 Å². The second-order valence-electron chi connectivity index (χ2n) is 5.25. The topological polar surface area (TPSA) is 50.1 Å². The second kappa shape index (κ2) is 5.76. The molecule has 1 fully saturated rings. The van der Waals surface area contributed by atoms with Crippen LogP contribution in [0.3, 0.4) is 0 Å². The lowest BCUT2D eigenvalue weighted by Gasteiger charge is -2.23. The normalized spacial score (nSPS) is 28.0. The summed E-state index contributed by atoms with van der Waals surface area (Å²) in [7, 11) is 0. The van der Waals surface area contributed by atoms with Crippen molar-refractivity contribution in [3.63, 3.8) is 0 Å². The van der Waals surface area contributed by atoms with Crippen molar-refractivity contribution in [1.29, 1.82) is 0 Å². The molecule has 0 aromatic heterocycles. The van der Waals surface area contributed by atoms with Crippen molar-refractivity contribution in [2.75, 3.05) is 0 Å². The van der Waals surface area contributed by atoms with E-state index in [1.807, 2.05) is 12.1 Å². The Morgan fingerprint density at radius 1 is 1.28 bits per heavy atom. The molecule has 2 rings (SSSR count). The second-order valence-corrected chi connectivity index (χ2v) is 6.10.